The molecule has 3 spiro atoms. The van der Waals surface area contributed by atoms with E-state index in [1.807, 2.05) is 0 Å². The fourth-order valence-corrected chi connectivity index (χ4v) is 7.33. The third-order valence-corrected chi connectivity index (χ3v) is 8.04. The molecule has 7 fully saturated rings. The van der Waals surface area contributed by atoms with Gasteiger partial charge >= 0.3 is 0 Å². The lowest BCUT2D eigenvalue weighted by atomic mass is 9.53. The zero-order valence-corrected chi connectivity index (χ0v) is 13.1. The van der Waals surface area contributed by atoms with Crippen molar-refractivity contribution in [3.05, 3.63) is 0 Å². The van der Waals surface area contributed by atoms with Crippen molar-refractivity contribution in [2.75, 3.05) is 6.61 Å². The first-order valence-electron chi connectivity index (χ1n) is 8.60. The van der Waals surface area contributed by atoms with Gasteiger partial charge in [0.05, 0.1) is 23.2 Å². The van der Waals surface area contributed by atoms with Gasteiger partial charge in [0.1, 0.15) is 11.7 Å². The van der Waals surface area contributed by atoms with Crippen LogP contribution in [0.3, 0.4) is 0 Å². The number of carbonyl (C=O) groups is 1. The maximum atomic E-state index is 13.2. The molecule has 1 N–H and O–H groups in total. The lowest BCUT2D eigenvalue weighted by molar-refractivity contribution is -0.397. The minimum absolute atomic E-state index is 0.118. The Bertz CT molecular complexity index is 635. The number of ether oxygens (including phenoxy) is 3. The van der Waals surface area contributed by atoms with E-state index in [0.29, 0.717) is 31.1 Å². The standard InChI is InChI=1S/C17H22O5/c1-9-3-4-11-13(2)6-14-7-16(9,11)22-17(14,21-13)15(19)5-10(12(14)18)20-8-15/h9-11,19H,3-8H2,1-2H3/t9-,10+,11+,13+,14-,15-,16+,17-/m1/s1. The molecule has 5 heteroatoms. The van der Waals surface area contributed by atoms with Crippen LogP contribution in [0.4, 0.5) is 0 Å². The van der Waals surface area contributed by atoms with Gasteiger partial charge in [-0.25, -0.2) is 0 Å². The van der Waals surface area contributed by atoms with Crippen LogP contribution in [0.25, 0.3) is 0 Å². The fourth-order valence-electron chi connectivity index (χ4n) is 7.33. The maximum Gasteiger partial charge on any atom is 0.214 e. The smallest absolute Gasteiger partial charge is 0.214 e. The third kappa shape index (κ3) is 0.914. The lowest BCUT2D eigenvalue weighted by Gasteiger charge is -2.53. The molecule has 7 aliphatic rings. The van der Waals surface area contributed by atoms with Crippen molar-refractivity contribution in [1.29, 1.82) is 0 Å². The quantitative estimate of drug-likeness (QED) is 0.728. The number of ketones is 1. The largest absolute Gasteiger partial charge is 0.382 e. The molecule has 0 aromatic heterocycles. The molecule has 8 atom stereocenters. The van der Waals surface area contributed by atoms with E-state index in [9.17, 15) is 9.90 Å². The molecule has 0 aromatic carbocycles. The summed E-state index contributed by atoms with van der Waals surface area (Å²) in [6, 6.07) is 0. The molecule has 5 nitrogen and oxygen atoms in total. The molecule has 4 heterocycles. The average Bonchev–Trinajstić information content (AvgIpc) is 3.10. The Morgan fingerprint density at radius 3 is 2.86 bits per heavy atom. The molecule has 0 radical (unpaired) electrons. The van der Waals surface area contributed by atoms with Crippen molar-refractivity contribution in [3.8, 4) is 0 Å². The van der Waals surface area contributed by atoms with Crippen LogP contribution in [0.15, 0.2) is 0 Å². The molecule has 0 amide bonds. The number of hydrogen-bond acceptors (Lipinski definition) is 5. The summed E-state index contributed by atoms with van der Waals surface area (Å²) in [6.07, 6.45) is 3.44. The van der Waals surface area contributed by atoms with Crippen LogP contribution in [-0.4, -0.2) is 46.2 Å². The number of rotatable bonds is 0. The Labute approximate surface area is 129 Å². The van der Waals surface area contributed by atoms with E-state index in [2.05, 4.69) is 13.8 Å². The zero-order valence-electron chi connectivity index (χ0n) is 13.1. The van der Waals surface area contributed by atoms with Gasteiger partial charge in [0.2, 0.25) is 5.79 Å². The first-order valence-corrected chi connectivity index (χ1v) is 8.60. The maximum absolute atomic E-state index is 13.2. The Hall–Kier alpha value is -0.490. The first kappa shape index (κ1) is 12.9. The second-order valence-electron chi connectivity index (χ2n) is 8.95. The molecule has 0 unspecified atom stereocenters. The van der Waals surface area contributed by atoms with Crippen LogP contribution < -0.4 is 0 Å². The minimum Gasteiger partial charge on any atom is -0.382 e. The van der Waals surface area contributed by atoms with Crippen molar-refractivity contribution in [2.24, 2.45) is 17.3 Å². The van der Waals surface area contributed by atoms with E-state index in [4.69, 9.17) is 14.2 Å². The number of carbonyl (C=O) groups excluding carboxylic acids is 1. The minimum atomic E-state index is -1.18. The predicted molar refractivity (Wildman–Crippen MR) is 73.9 cm³/mol. The van der Waals surface area contributed by atoms with Crippen molar-refractivity contribution < 1.29 is 24.1 Å². The summed E-state index contributed by atoms with van der Waals surface area (Å²) in [5.74, 6) is -0.301. The number of fused-ring (bicyclic) bond motifs is 2. The first-order chi connectivity index (χ1) is 10.3. The van der Waals surface area contributed by atoms with Gasteiger partial charge in [-0.3, -0.25) is 4.79 Å². The summed E-state index contributed by atoms with van der Waals surface area (Å²) in [5.41, 5.74) is -2.52. The van der Waals surface area contributed by atoms with Gasteiger partial charge in [-0.1, -0.05) is 6.92 Å². The number of Topliss-reactive ketones (excluding diaryl/α,β-unsaturated/α-hetero) is 1. The van der Waals surface area contributed by atoms with Crippen LogP contribution >= 0.6 is 0 Å². The van der Waals surface area contributed by atoms with E-state index < -0.39 is 22.9 Å². The molecule has 0 aromatic rings. The summed E-state index contributed by atoms with van der Waals surface area (Å²) in [6.45, 7) is 4.52. The lowest BCUT2D eigenvalue weighted by Crippen LogP contribution is -2.68. The highest BCUT2D eigenvalue weighted by molar-refractivity contribution is 5.93. The molecule has 7 rings (SSSR count). The van der Waals surface area contributed by atoms with E-state index in [0.717, 1.165) is 12.8 Å². The predicted octanol–water partition coefficient (Wildman–Crippen LogP) is 1.17. The van der Waals surface area contributed by atoms with Crippen LogP contribution in [0.1, 0.15) is 46.0 Å². The van der Waals surface area contributed by atoms with Gasteiger partial charge in [-0.2, -0.15) is 0 Å². The Kier molecular flexibility index (Phi) is 1.79. The van der Waals surface area contributed by atoms with Gasteiger partial charge in [-0.15, -0.1) is 0 Å². The third-order valence-electron chi connectivity index (χ3n) is 8.04. The summed E-state index contributed by atoms with van der Waals surface area (Å²) < 4.78 is 18.8. The Balaban J connectivity index is 1.66. The molecular weight excluding hydrogens is 284 g/mol. The highest BCUT2D eigenvalue weighted by Gasteiger charge is 2.91. The van der Waals surface area contributed by atoms with E-state index in [1.165, 1.54) is 0 Å². The second kappa shape index (κ2) is 3.06. The van der Waals surface area contributed by atoms with Crippen LogP contribution in [0.2, 0.25) is 0 Å². The van der Waals surface area contributed by atoms with Gasteiger partial charge in [0.25, 0.3) is 0 Å². The van der Waals surface area contributed by atoms with Gasteiger partial charge in [-0.05, 0) is 38.5 Å². The van der Waals surface area contributed by atoms with Crippen LogP contribution in [-0.2, 0) is 19.0 Å². The van der Waals surface area contributed by atoms with Crippen molar-refractivity contribution >= 4 is 5.78 Å². The summed E-state index contributed by atoms with van der Waals surface area (Å²) in [4.78, 5) is 13.2. The molecule has 4 aliphatic heterocycles. The normalized spacial score (nSPS) is 70.3. The molecule has 3 saturated carbocycles. The summed E-state index contributed by atoms with van der Waals surface area (Å²) >= 11 is 0. The molecule has 6 bridgehead atoms. The van der Waals surface area contributed by atoms with E-state index in [1.54, 1.807) is 0 Å². The summed E-state index contributed by atoms with van der Waals surface area (Å²) in [7, 11) is 0. The van der Waals surface area contributed by atoms with Gasteiger partial charge < -0.3 is 19.3 Å². The van der Waals surface area contributed by atoms with Gasteiger partial charge in [0.15, 0.2) is 5.78 Å². The van der Waals surface area contributed by atoms with Crippen molar-refractivity contribution in [2.45, 2.75) is 74.6 Å². The summed E-state index contributed by atoms with van der Waals surface area (Å²) in [5, 5.41) is 11.3. The van der Waals surface area contributed by atoms with Crippen molar-refractivity contribution in [3.63, 3.8) is 0 Å². The average molecular weight is 306 g/mol. The van der Waals surface area contributed by atoms with E-state index in [-0.39, 0.29) is 23.6 Å². The second-order valence-corrected chi connectivity index (χ2v) is 8.95. The van der Waals surface area contributed by atoms with E-state index >= 15 is 0 Å². The van der Waals surface area contributed by atoms with Crippen molar-refractivity contribution in [1.82, 2.24) is 0 Å². The Morgan fingerprint density at radius 1 is 1.23 bits per heavy atom. The zero-order chi connectivity index (χ0) is 15.2. The number of aliphatic hydroxyl groups is 1. The molecule has 22 heavy (non-hydrogen) atoms. The van der Waals surface area contributed by atoms with Crippen LogP contribution in [0, 0.1) is 17.3 Å². The fraction of sp³-hybridized carbons (Fsp3) is 0.941. The molecule has 4 saturated heterocycles. The van der Waals surface area contributed by atoms with Gasteiger partial charge in [0, 0.05) is 12.3 Å². The SMILES string of the molecule is C[C@@H]1CC[C@@H]2[C@]13C[C@@]14C[C@]2(C)O[C@]1(O3)[C@]1(O)CO[C@@H](C1)C4=O. The number of hydrogen-bond donors (Lipinski definition) is 1. The Morgan fingerprint density at radius 2 is 2.05 bits per heavy atom. The highest BCUT2D eigenvalue weighted by atomic mass is 16.8. The molecule has 3 aliphatic carbocycles. The van der Waals surface area contributed by atoms with Crippen LogP contribution in [0.5, 0.6) is 0 Å². The molecule has 120 valence electrons. The monoisotopic (exact) mass is 306 g/mol. The molecular formula is C17H22O5. The topological polar surface area (TPSA) is 65.0 Å². The highest BCUT2D eigenvalue weighted by Crippen LogP contribution is 2.80.